The molecule has 0 aliphatic rings. The highest BCUT2D eigenvalue weighted by Gasteiger charge is 2.10. The third-order valence-corrected chi connectivity index (χ3v) is 1.83. The second-order valence-corrected chi connectivity index (χ2v) is 3.12. The van der Waals surface area contributed by atoms with E-state index in [9.17, 15) is 4.79 Å². The van der Waals surface area contributed by atoms with Gasteiger partial charge in [0, 0.05) is 12.6 Å². The number of anilines is 2. The molecule has 1 rings (SSSR count). The third-order valence-electron chi connectivity index (χ3n) is 1.83. The minimum atomic E-state index is -1.22. The van der Waals surface area contributed by atoms with Crippen molar-refractivity contribution in [3.8, 4) is 0 Å². The standard InChI is InChI=1S/C9H15N5O2/c1-2-11-7-3-8(14-5-13-7)12-4-6(15)9(10)16/h3,5-6,15H,2,4H2,1H3,(H2,10,16)(H2,11,12,13,14). The molecular formula is C9H15N5O2. The lowest BCUT2D eigenvalue weighted by Gasteiger charge is -2.09. The normalized spacial score (nSPS) is 11.9. The molecular weight excluding hydrogens is 210 g/mol. The monoisotopic (exact) mass is 225 g/mol. The molecule has 1 amide bonds. The molecule has 0 aromatic carbocycles. The summed E-state index contributed by atoms with van der Waals surface area (Å²) in [5, 5.41) is 15.0. The number of primary amides is 1. The summed E-state index contributed by atoms with van der Waals surface area (Å²) in [5.41, 5.74) is 4.90. The SMILES string of the molecule is CCNc1cc(NCC(O)C(N)=O)ncn1. The molecule has 1 atom stereocenters. The molecule has 0 radical (unpaired) electrons. The van der Waals surface area contributed by atoms with Crippen LogP contribution in [0, 0.1) is 0 Å². The molecule has 0 aliphatic carbocycles. The first-order chi connectivity index (χ1) is 7.63. The Morgan fingerprint density at radius 3 is 2.69 bits per heavy atom. The average Bonchev–Trinajstić information content (AvgIpc) is 2.26. The maximum absolute atomic E-state index is 10.6. The van der Waals surface area contributed by atoms with Gasteiger partial charge in [-0.2, -0.15) is 0 Å². The number of aliphatic hydroxyl groups excluding tert-OH is 1. The first-order valence-corrected chi connectivity index (χ1v) is 4.90. The zero-order valence-corrected chi connectivity index (χ0v) is 8.97. The highest BCUT2D eigenvalue weighted by Crippen LogP contribution is 2.07. The Kier molecular flexibility index (Phi) is 4.46. The van der Waals surface area contributed by atoms with Crippen molar-refractivity contribution in [3.63, 3.8) is 0 Å². The van der Waals surface area contributed by atoms with Crippen LogP contribution in [0.2, 0.25) is 0 Å². The van der Waals surface area contributed by atoms with Gasteiger partial charge in [0.1, 0.15) is 24.1 Å². The molecule has 0 saturated heterocycles. The van der Waals surface area contributed by atoms with Gasteiger partial charge in [-0.15, -0.1) is 0 Å². The van der Waals surface area contributed by atoms with Crippen molar-refractivity contribution >= 4 is 17.5 Å². The van der Waals surface area contributed by atoms with Crippen LogP contribution in [-0.2, 0) is 4.79 Å². The number of aromatic nitrogens is 2. The largest absolute Gasteiger partial charge is 0.381 e. The molecule has 0 saturated carbocycles. The van der Waals surface area contributed by atoms with Crippen LogP contribution in [0.15, 0.2) is 12.4 Å². The molecule has 0 spiro atoms. The maximum atomic E-state index is 10.6. The zero-order valence-electron chi connectivity index (χ0n) is 8.97. The van der Waals surface area contributed by atoms with E-state index in [0.29, 0.717) is 11.6 Å². The van der Waals surface area contributed by atoms with Crippen LogP contribution in [-0.4, -0.2) is 40.2 Å². The number of rotatable bonds is 6. The van der Waals surface area contributed by atoms with Gasteiger partial charge in [-0.3, -0.25) is 4.79 Å². The van der Waals surface area contributed by atoms with Crippen molar-refractivity contribution < 1.29 is 9.90 Å². The summed E-state index contributed by atoms with van der Waals surface area (Å²) in [6.07, 6.45) is 0.161. The topological polar surface area (TPSA) is 113 Å². The highest BCUT2D eigenvalue weighted by molar-refractivity contribution is 5.79. The molecule has 1 heterocycles. The molecule has 0 bridgehead atoms. The predicted molar refractivity (Wildman–Crippen MR) is 59.9 cm³/mol. The number of nitrogens with zero attached hydrogens (tertiary/aromatic N) is 2. The molecule has 1 aromatic heterocycles. The summed E-state index contributed by atoms with van der Waals surface area (Å²) in [6, 6.07) is 1.68. The molecule has 16 heavy (non-hydrogen) atoms. The maximum Gasteiger partial charge on any atom is 0.248 e. The second kappa shape index (κ2) is 5.86. The van der Waals surface area contributed by atoms with Gasteiger partial charge >= 0.3 is 0 Å². The van der Waals surface area contributed by atoms with E-state index in [1.807, 2.05) is 6.92 Å². The highest BCUT2D eigenvalue weighted by atomic mass is 16.3. The number of aliphatic hydroxyl groups is 1. The Bertz CT molecular complexity index is 358. The average molecular weight is 225 g/mol. The Balaban J connectivity index is 2.53. The Morgan fingerprint density at radius 1 is 1.50 bits per heavy atom. The van der Waals surface area contributed by atoms with Crippen molar-refractivity contribution in [2.75, 3.05) is 23.7 Å². The zero-order chi connectivity index (χ0) is 12.0. The van der Waals surface area contributed by atoms with E-state index < -0.39 is 12.0 Å². The van der Waals surface area contributed by atoms with Gasteiger partial charge in [0.25, 0.3) is 0 Å². The van der Waals surface area contributed by atoms with Crippen molar-refractivity contribution in [1.29, 1.82) is 0 Å². The minimum absolute atomic E-state index is 0.0257. The summed E-state index contributed by atoms with van der Waals surface area (Å²) in [6.45, 7) is 2.73. The fourth-order valence-corrected chi connectivity index (χ4v) is 1.03. The van der Waals surface area contributed by atoms with E-state index in [1.165, 1.54) is 6.33 Å². The van der Waals surface area contributed by atoms with E-state index in [2.05, 4.69) is 20.6 Å². The van der Waals surface area contributed by atoms with Crippen LogP contribution < -0.4 is 16.4 Å². The predicted octanol–water partition coefficient (Wildman–Crippen LogP) is -0.833. The molecule has 0 fully saturated rings. The Hall–Kier alpha value is -1.89. The van der Waals surface area contributed by atoms with Crippen LogP contribution in [0.1, 0.15) is 6.92 Å². The first kappa shape index (κ1) is 12.2. The molecule has 0 aliphatic heterocycles. The number of hydrogen-bond acceptors (Lipinski definition) is 6. The number of hydrogen-bond donors (Lipinski definition) is 4. The van der Waals surface area contributed by atoms with Gasteiger partial charge < -0.3 is 21.5 Å². The van der Waals surface area contributed by atoms with Gasteiger partial charge in [-0.25, -0.2) is 9.97 Å². The smallest absolute Gasteiger partial charge is 0.248 e. The molecule has 7 nitrogen and oxygen atoms in total. The quantitative estimate of drug-likeness (QED) is 0.502. The summed E-state index contributed by atoms with van der Waals surface area (Å²) in [4.78, 5) is 18.5. The number of nitrogens with two attached hydrogens (primary N) is 1. The van der Waals surface area contributed by atoms with E-state index in [-0.39, 0.29) is 6.54 Å². The summed E-state index contributed by atoms with van der Waals surface area (Å²) >= 11 is 0. The van der Waals surface area contributed by atoms with Gasteiger partial charge in [-0.1, -0.05) is 0 Å². The second-order valence-electron chi connectivity index (χ2n) is 3.12. The van der Waals surface area contributed by atoms with Crippen LogP contribution in [0.4, 0.5) is 11.6 Å². The van der Waals surface area contributed by atoms with Crippen LogP contribution in [0.3, 0.4) is 0 Å². The molecule has 1 unspecified atom stereocenters. The van der Waals surface area contributed by atoms with Gasteiger partial charge in [0.05, 0.1) is 6.54 Å². The summed E-state index contributed by atoms with van der Waals surface area (Å²) in [5.74, 6) is 0.424. The van der Waals surface area contributed by atoms with Gasteiger partial charge in [-0.05, 0) is 6.92 Å². The number of carbonyl (C=O) groups excluding carboxylic acids is 1. The van der Waals surface area contributed by atoms with Crippen molar-refractivity contribution in [1.82, 2.24) is 9.97 Å². The lowest BCUT2D eigenvalue weighted by atomic mass is 10.3. The number of carbonyl (C=O) groups is 1. The van der Waals surface area contributed by atoms with Crippen molar-refractivity contribution in [2.24, 2.45) is 5.73 Å². The van der Waals surface area contributed by atoms with E-state index in [1.54, 1.807) is 6.07 Å². The number of nitrogens with one attached hydrogen (secondary N) is 2. The van der Waals surface area contributed by atoms with Gasteiger partial charge in [0.15, 0.2) is 0 Å². The Labute approximate surface area is 93.1 Å². The van der Waals surface area contributed by atoms with Crippen molar-refractivity contribution in [3.05, 3.63) is 12.4 Å². The third kappa shape index (κ3) is 3.70. The Morgan fingerprint density at radius 2 is 2.12 bits per heavy atom. The summed E-state index contributed by atoms with van der Waals surface area (Å²) < 4.78 is 0. The number of amides is 1. The van der Waals surface area contributed by atoms with Crippen molar-refractivity contribution in [2.45, 2.75) is 13.0 Å². The first-order valence-electron chi connectivity index (χ1n) is 4.90. The van der Waals surface area contributed by atoms with E-state index in [0.717, 1.165) is 6.54 Å². The van der Waals surface area contributed by atoms with E-state index >= 15 is 0 Å². The lowest BCUT2D eigenvalue weighted by molar-refractivity contribution is -0.125. The molecule has 7 heteroatoms. The molecule has 5 N–H and O–H groups in total. The van der Waals surface area contributed by atoms with Crippen LogP contribution >= 0.6 is 0 Å². The molecule has 1 aromatic rings. The fourth-order valence-electron chi connectivity index (χ4n) is 1.03. The van der Waals surface area contributed by atoms with Crippen LogP contribution in [0.25, 0.3) is 0 Å². The van der Waals surface area contributed by atoms with E-state index in [4.69, 9.17) is 10.8 Å². The van der Waals surface area contributed by atoms with Crippen LogP contribution in [0.5, 0.6) is 0 Å². The summed E-state index contributed by atoms with van der Waals surface area (Å²) in [7, 11) is 0. The lowest BCUT2D eigenvalue weighted by Crippen LogP contribution is -2.34. The van der Waals surface area contributed by atoms with Gasteiger partial charge in [0.2, 0.25) is 5.91 Å². The minimum Gasteiger partial charge on any atom is -0.381 e. The fraction of sp³-hybridized carbons (Fsp3) is 0.444. The molecule has 88 valence electrons.